The van der Waals surface area contributed by atoms with Crippen molar-refractivity contribution in [2.45, 2.75) is 33.2 Å². The number of amides is 1. The molecule has 1 saturated heterocycles. The lowest BCUT2D eigenvalue weighted by atomic mass is 9.96. The molecule has 1 aromatic carbocycles. The molecule has 1 aliphatic rings. The molecular weight excluding hydrogens is 369 g/mol. The van der Waals surface area contributed by atoms with E-state index in [1.54, 1.807) is 12.3 Å². The number of hydrogen-bond donors (Lipinski definition) is 1. The molecule has 3 heterocycles. The van der Waals surface area contributed by atoms with E-state index < -0.39 is 0 Å². The lowest BCUT2D eigenvalue weighted by Crippen LogP contribution is -2.43. The zero-order chi connectivity index (χ0) is 20.4. The summed E-state index contributed by atoms with van der Waals surface area (Å²) < 4.78 is 13.3. The van der Waals surface area contributed by atoms with Crippen molar-refractivity contribution in [3.63, 3.8) is 0 Å². The minimum Gasteiger partial charge on any atom is -0.369 e. The Kier molecular flexibility index (Phi) is 5.38. The normalized spacial score (nSPS) is 16.8. The number of nitrogens with one attached hydrogen (secondary N) is 1. The maximum Gasteiger partial charge on any atom is 0.225 e. The zero-order valence-electron chi connectivity index (χ0n) is 16.7. The second-order valence-electron chi connectivity index (χ2n) is 7.56. The second-order valence-corrected chi connectivity index (χ2v) is 7.56. The SMILES string of the molecule is Cc1nc2cc(N3CCC[C@H](C(=O)NCc4cccc(F)c4)C3)cnc2nc1C. The molecule has 1 aliphatic heterocycles. The van der Waals surface area contributed by atoms with Crippen LogP contribution in [0.2, 0.25) is 0 Å². The largest absolute Gasteiger partial charge is 0.369 e. The van der Waals surface area contributed by atoms with Gasteiger partial charge in [-0.15, -0.1) is 0 Å². The molecule has 1 fully saturated rings. The summed E-state index contributed by atoms with van der Waals surface area (Å²) in [6.45, 7) is 5.70. The molecule has 150 valence electrons. The third-order valence-electron chi connectivity index (χ3n) is 5.43. The molecule has 0 bridgehead atoms. The molecular formula is C22H24FN5O. The van der Waals surface area contributed by atoms with Crippen LogP contribution in [0.3, 0.4) is 0 Å². The fourth-order valence-electron chi connectivity index (χ4n) is 3.68. The van der Waals surface area contributed by atoms with Crippen LogP contribution < -0.4 is 10.2 Å². The van der Waals surface area contributed by atoms with Gasteiger partial charge in [0.2, 0.25) is 5.91 Å². The molecule has 4 rings (SSSR count). The number of nitrogens with zero attached hydrogens (tertiary/aromatic N) is 4. The third-order valence-corrected chi connectivity index (χ3v) is 5.43. The molecule has 29 heavy (non-hydrogen) atoms. The quantitative estimate of drug-likeness (QED) is 0.736. The van der Waals surface area contributed by atoms with Crippen molar-refractivity contribution in [2.24, 2.45) is 5.92 Å². The standard InChI is InChI=1S/C22H24FN5O/c1-14-15(2)27-21-20(26-14)10-19(12-24-21)28-8-4-6-17(13-28)22(29)25-11-16-5-3-7-18(23)9-16/h3,5,7,9-10,12,17H,4,6,8,11,13H2,1-2H3,(H,25,29)/t17-/m0/s1. The van der Waals surface area contributed by atoms with Crippen LogP contribution >= 0.6 is 0 Å². The summed E-state index contributed by atoms with van der Waals surface area (Å²) in [6.07, 6.45) is 3.57. The van der Waals surface area contributed by atoms with Gasteiger partial charge < -0.3 is 10.2 Å². The lowest BCUT2D eigenvalue weighted by molar-refractivity contribution is -0.125. The summed E-state index contributed by atoms with van der Waals surface area (Å²) in [6, 6.07) is 8.29. The van der Waals surface area contributed by atoms with Crippen LogP contribution in [-0.4, -0.2) is 33.9 Å². The number of piperidine rings is 1. The molecule has 1 N–H and O–H groups in total. The first-order valence-corrected chi connectivity index (χ1v) is 9.88. The number of aromatic nitrogens is 3. The molecule has 1 atom stereocenters. The van der Waals surface area contributed by atoms with Gasteiger partial charge in [0.05, 0.1) is 29.2 Å². The van der Waals surface area contributed by atoms with Crippen LogP contribution in [0.1, 0.15) is 29.8 Å². The van der Waals surface area contributed by atoms with E-state index in [2.05, 4.69) is 25.2 Å². The molecule has 0 aliphatic carbocycles. The summed E-state index contributed by atoms with van der Waals surface area (Å²) in [5, 5.41) is 2.94. The van der Waals surface area contributed by atoms with E-state index in [4.69, 9.17) is 0 Å². The fourth-order valence-corrected chi connectivity index (χ4v) is 3.68. The number of pyridine rings is 1. The van der Waals surface area contributed by atoms with Crippen molar-refractivity contribution >= 4 is 22.8 Å². The maximum atomic E-state index is 13.3. The average molecular weight is 393 g/mol. The third kappa shape index (κ3) is 4.34. The zero-order valence-corrected chi connectivity index (χ0v) is 16.7. The minimum atomic E-state index is -0.294. The minimum absolute atomic E-state index is 0.000953. The molecule has 7 heteroatoms. The Morgan fingerprint density at radius 3 is 2.90 bits per heavy atom. The van der Waals surface area contributed by atoms with Gasteiger partial charge in [0.1, 0.15) is 11.3 Å². The Morgan fingerprint density at radius 1 is 1.24 bits per heavy atom. The van der Waals surface area contributed by atoms with E-state index in [1.807, 2.05) is 26.0 Å². The summed E-state index contributed by atoms with van der Waals surface area (Å²) >= 11 is 0. The average Bonchev–Trinajstić information content (AvgIpc) is 2.73. The van der Waals surface area contributed by atoms with Crippen molar-refractivity contribution in [2.75, 3.05) is 18.0 Å². The second kappa shape index (κ2) is 8.11. The summed E-state index contributed by atoms with van der Waals surface area (Å²) in [5.74, 6) is -0.407. The Bertz CT molecular complexity index is 1050. The van der Waals surface area contributed by atoms with E-state index in [-0.39, 0.29) is 17.6 Å². The molecule has 2 aromatic heterocycles. The Balaban J connectivity index is 1.44. The maximum absolute atomic E-state index is 13.3. The number of rotatable bonds is 4. The fraction of sp³-hybridized carbons (Fsp3) is 0.364. The van der Waals surface area contributed by atoms with Crippen molar-refractivity contribution in [3.05, 3.63) is 59.3 Å². The topological polar surface area (TPSA) is 71.0 Å². The highest BCUT2D eigenvalue weighted by molar-refractivity contribution is 5.80. The van der Waals surface area contributed by atoms with E-state index in [0.29, 0.717) is 18.7 Å². The summed E-state index contributed by atoms with van der Waals surface area (Å²) in [5.41, 5.74) is 4.89. The summed E-state index contributed by atoms with van der Waals surface area (Å²) in [4.78, 5) is 28.4. The van der Waals surface area contributed by atoms with Crippen molar-refractivity contribution in [1.82, 2.24) is 20.3 Å². The highest BCUT2D eigenvalue weighted by Gasteiger charge is 2.26. The molecule has 1 amide bonds. The van der Waals surface area contributed by atoms with Gasteiger partial charge in [0.15, 0.2) is 5.65 Å². The number of fused-ring (bicyclic) bond motifs is 1. The molecule has 3 aromatic rings. The van der Waals surface area contributed by atoms with Crippen LogP contribution in [-0.2, 0) is 11.3 Å². The van der Waals surface area contributed by atoms with Crippen molar-refractivity contribution in [3.8, 4) is 0 Å². The molecule has 0 unspecified atom stereocenters. The highest BCUT2D eigenvalue weighted by Crippen LogP contribution is 2.25. The van der Waals surface area contributed by atoms with E-state index in [0.717, 1.165) is 47.5 Å². The smallest absolute Gasteiger partial charge is 0.225 e. The van der Waals surface area contributed by atoms with Crippen LogP contribution in [0.4, 0.5) is 10.1 Å². The Morgan fingerprint density at radius 2 is 2.07 bits per heavy atom. The number of carbonyl (C=O) groups is 1. The molecule has 6 nitrogen and oxygen atoms in total. The number of halogens is 1. The monoisotopic (exact) mass is 393 g/mol. The van der Waals surface area contributed by atoms with Crippen molar-refractivity contribution < 1.29 is 9.18 Å². The number of benzene rings is 1. The number of hydrogen-bond acceptors (Lipinski definition) is 5. The Hall–Kier alpha value is -3.09. The number of aryl methyl sites for hydroxylation is 2. The first-order valence-electron chi connectivity index (χ1n) is 9.88. The van der Waals surface area contributed by atoms with Gasteiger partial charge in [0.25, 0.3) is 0 Å². The van der Waals surface area contributed by atoms with E-state index >= 15 is 0 Å². The van der Waals surface area contributed by atoms with Crippen LogP contribution in [0, 0.1) is 25.6 Å². The van der Waals surface area contributed by atoms with Gasteiger partial charge in [0, 0.05) is 19.6 Å². The summed E-state index contributed by atoms with van der Waals surface area (Å²) in [7, 11) is 0. The molecule has 0 radical (unpaired) electrons. The Labute approximate surface area is 169 Å². The lowest BCUT2D eigenvalue weighted by Gasteiger charge is -2.33. The van der Waals surface area contributed by atoms with Crippen LogP contribution in [0.5, 0.6) is 0 Å². The van der Waals surface area contributed by atoms with Gasteiger partial charge in [-0.25, -0.2) is 19.3 Å². The van der Waals surface area contributed by atoms with Crippen LogP contribution in [0.25, 0.3) is 11.2 Å². The van der Waals surface area contributed by atoms with Gasteiger partial charge in [-0.2, -0.15) is 0 Å². The van der Waals surface area contributed by atoms with Gasteiger partial charge in [-0.05, 0) is 50.5 Å². The number of anilines is 1. The van der Waals surface area contributed by atoms with Crippen LogP contribution in [0.15, 0.2) is 36.5 Å². The number of carbonyl (C=O) groups excluding carboxylic acids is 1. The predicted octanol–water partition coefficient (Wildman–Crippen LogP) is 3.31. The van der Waals surface area contributed by atoms with Gasteiger partial charge in [-0.1, -0.05) is 12.1 Å². The van der Waals surface area contributed by atoms with E-state index in [9.17, 15) is 9.18 Å². The molecule has 0 spiro atoms. The van der Waals surface area contributed by atoms with Crippen molar-refractivity contribution in [1.29, 1.82) is 0 Å². The van der Waals surface area contributed by atoms with Gasteiger partial charge >= 0.3 is 0 Å². The van der Waals surface area contributed by atoms with Gasteiger partial charge in [-0.3, -0.25) is 4.79 Å². The first kappa shape index (κ1) is 19.2. The first-order chi connectivity index (χ1) is 14.0. The highest BCUT2D eigenvalue weighted by atomic mass is 19.1. The van der Waals surface area contributed by atoms with E-state index in [1.165, 1.54) is 12.1 Å². The predicted molar refractivity (Wildman–Crippen MR) is 110 cm³/mol. The molecule has 0 saturated carbocycles.